The van der Waals surface area contributed by atoms with Crippen molar-refractivity contribution in [1.29, 1.82) is 0 Å². The minimum atomic E-state index is -0.0310. The molecule has 1 aliphatic rings. The van der Waals surface area contributed by atoms with E-state index < -0.39 is 0 Å². The number of hydrogen-bond donors (Lipinski definition) is 0. The van der Waals surface area contributed by atoms with Gasteiger partial charge in [-0.1, -0.05) is 178 Å². The predicted molar refractivity (Wildman–Crippen MR) is 239 cm³/mol. The van der Waals surface area contributed by atoms with Gasteiger partial charge in [0.15, 0.2) is 17.5 Å². The highest BCUT2D eigenvalue weighted by Crippen LogP contribution is 2.49. The Kier molecular flexibility index (Phi) is 7.80. The zero-order chi connectivity index (χ0) is 38.8. The van der Waals surface area contributed by atoms with Gasteiger partial charge in [0.1, 0.15) is 0 Å². The fraction of sp³-hybridized carbons (Fsp3) is 0.0556. The van der Waals surface area contributed by atoms with Gasteiger partial charge in [0.25, 0.3) is 0 Å². The van der Waals surface area contributed by atoms with E-state index in [-0.39, 0.29) is 5.41 Å². The molecule has 0 saturated carbocycles. The van der Waals surface area contributed by atoms with E-state index in [2.05, 4.69) is 152 Å². The summed E-state index contributed by atoms with van der Waals surface area (Å²) in [6, 6.07) is 69.1. The van der Waals surface area contributed by atoms with E-state index in [1.165, 1.54) is 55.3 Å². The molecule has 274 valence electrons. The largest absolute Gasteiger partial charge is 0.309 e. The standard InChI is InChI=1S/C54H38N4/c1-54(2)47-22-11-9-20-43(47)44-30-28-39(33-48(44)54)35-24-26-36(27-25-35)40-29-31-46-45-21-10-12-23-49(45)58(50(46)34-40)42-19-13-18-41(32-42)53-56-51(37-14-5-3-6-15-37)55-52(57-53)38-16-7-4-8-17-38/h3-34H,1-2H3. The van der Waals surface area contributed by atoms with Crippen molar-refractivity contribution in [3.63, 3.8) is 0 Å². The smallest absolute Gasteiger partial charge is 0.164 e. The van der Waals surface area contributed by atoms with Gasteiger partial charge < -0.3 is 4.57 Å². The van der Waals surface area contributed by atoms with Crippen LogP contribution in [0, 0.1) is 0 Å². The van der Waals surface area contributed by atoms with E-state index in [0.29, 0.717) is 17.5 Å². The molecule has 0 N–H and O–H groups in total. The molecule has 1 aliphatic carbocycles. The quantitative estimate of drug-likeness (QED) is 0.170. The molecule has 11 rings (SSSR count). The van der Waals surface area contributed by atoms with Crippen LogP contribution in [0.5, 0.6) is 0 Å². The normalized spacial score (nSPS) is 12.8. The number of hydrogen-bond acceptors (Lipinski definition) is 3. The summed E-state index contributed by atoms with van der Waals surface area (Å²) < 4.78 is 2.37. The summed E-state index contributed by atoms with van der Waals surface area (Å²) in [5.41, 5.74) is 16.4. The van der Waals surface area contributed by atoms with Crippen LogP contribution < -0.4 is 0 Å². The van der Waals surface area contributed by atoms with Gasteiger partial charge in [0.05, 0.1) is 11.0 Å². The molecule has 0 saturated heterocycles. The molecule has 0 atom stereocenters. The van der Waals surface area contributed by atoms with Gasteiger partial charge in [-0.25, -0.2) is 15.0 Å². The van der Waals surface area contributed by atoms with Crippen molar-refractivity contribution in [2.75, 3.05) is 0 Å². The van der Waals surface area contributed by atoms with Gasteiger partial charge in [-0.2, -0.15) is 0 Å². The van der Waals surface area contributed by atoms with E-state index in [4.69, 9.17) is 15.0 Å². The average Bonchev–Trinajstić information content (AvgIpc) is 3.74. The van der Waals surface area contributed by atoms with Crippen LogP contribution >= 0.6 is 0 Å². The lowest BCUT2D eigenvalue weighted by atomic mass is 9.81. The maximum absolute atomic E-state index is 5.03. The van der Waals surface area contributed by atoms with Crippen LogP contribution in [0.15, 0.2) is 194 Å². The second kappa shape index (κ2) is 13.4. The van der Waals surface area contributed by atoms with Gasteiger partial charge in [0, 0.05) is 38.6 Å². The summed E-state index contributed by atoms with van der Waals surface area (Å²) in [7, 11) is 0. The molecule has 2 aromatic heterocycles. The minimum Gasteiger partial charge on any atom is -0.309 e. The highest BCUT2D eigenvalue weighted by atomic mass is 15.0. The lowest BCUT2D eigenvalue weighted by molar-refractivity contribution is 0.660. The molecular weight excluding hydrogens is 705 g/mol. The first kappa shape index (κ1) is 33.9. The number of fused-ring (bicyclic) bond motifs is 6. The Morgan fingerprint density at radius 2 is 0.862 bits per heavy atom. The summed E-state index contributed by atoms with van der Waals surface area (Å²) in [6.45, 7) is 4.68. The van der Waals surface area contributed by atoms with Crippen molar-refractivity contribution in [3.05, 3.63) is 205 Å². The fourth-order valence-corrected chi connectivity index (χ4v) is 8.89. The molecule has 0 aliphatic heterocycles. The molecule has 0 amide bonds. The lowest BCUT2D eigenvalue weighted by Crippen LogP contribution is -2.14. The maximum Gasteiger partial charge on any atom is 0.164 e. The van der Waals surface area contributed by atoms with Crippen molar-refractivity contribution < 1.29 is 0 Å². The van der Waals surface area contributed by atoms with Crippen molar-refractivity contribution in [2.45, 2.75) is 19.3 Å². The Labute approximate surface area is 337 Å². The van der Waals surface area contributed by atoms with Crippen molar-refractivity contribution in [1.82, 2.24) is 19.5 Å². The van der Waals surface area contributed by atoms with Crippen LogP contribution in [0.4, 0.5) is 0 Å². The van der Waals surface area contributed by atoms with E-state index in [0.717, 1.165) is 33.4 Å². The van der Waals surface area contributed by atoms with Crippen LogP contribution in [0.3, 0.4) is 0 Å². The zero-order valence-corrected chi connectivity index (χ0v) is 32.3. The van der Waals surface area contributed by atoms with Crippen LogP contribution in [0.1, 0.15) is 25.0 Å². The monoisotopic (exact) mass is 742 g/mol. The van der Waals surface area contributed by atoms with Crippen LogP contribution in [0.2, 0.25) is 0 Å². The molecule has 0 spiro atoms. The first-order valence-electron chi connectivity index (χ1n) is 19.9. The first-order chi connectivity index (χ1) is 28.5. The number of para-hydroxylation sites is 1. The highest BCUT2D eigenvalue weighted by molar-refractivity contribution is 6.10. The van der Waals surface area contributed by atoms with Gasteiger partial charge in [-0.05, 0) is 74.8 Å². The van der Waals surface area contributed by atoms with E-state index in [9.17, 15) is 0 Å². The third kappa shape index (κ3) is 5.56. The summed E-state index contributed by atoms with van der Waals surface area (Å²) in [4.78, 5) is 15.0. The number of aromatic nitrogens is 4. The Hall–Kier alpha value is -7.43. The number of benzene rings is 8. The molecule has 8 aromatic carbocycles. The fourth-order valence-electron chi connectivity index (χ4n) is 8.89. The van der Waals surface area contributed by atoms with Gasteiger partial charge in [-0.3, -0.25) is 0 Å². The summed E-state index contributed by atoms with van der Waals surface area (Å²) in [5.74, 6) is 1.92. The minimum absolute atomic E-state index is 0.0310. The molecule has 0 fully saturated rings. The van der Waals surface area contributed by atoms with Crippen LogP contribution in [-0.2, 0) is 5.41 Å². The van der Waals surface area contributed by atoms with E-state index in [1.54, 1.807) is 0 Å². The Balaban J connectivity index is 0.990. The molecule has 4 nitrogen and oxygen atoms in total. The predicted octanol–water partition coefficient (Wildman–Crippen LogP) is 13.6. The summed E-state index contributed by atoms with van der Waals surface area (Å²) in [5, 5.41) is 2.42. The molecule has 0 bridgehead atoms. The molecular formula is C54H38N4. The number of rotatable bonds is 6. The summed E-state index contributed by atoms with van der Waals surface area (Å²) in [6.07, 6.45) is 0. The topological polar surface area (TPSA) is 43.6 Å². The van der Waals surface area contributed by atoms with Gasteiger partial charge in [0.2, 0.25) is 0 Å². The Morgan fingerprint density at radius 1 is 0.345 bits per heavy atom. The van der Waals surface area contributed by atoms with Crippen molar-refractivity contribution >= 4 is 21.8 Å². The lowest BCUT2D eigenvalue weighted by Gasteiger charge is -2.22. The molecule has 58 heavy (non-hydrogen) atoms. The molecule has 2 heterocycles. The third-order valence-electron chi connectivity index (χ3n) is 11.9. The van der Waals surface area contributed by atoms with Crippen molar-refractivity contribution in [3.8, 4) is 73.2 Å². The van der Waals surface area contributed by atoms with Crippen LogP contribution in [-0.4, -0.2) is 19.5 Å². The molecule has 0 radical (unpaired) electrons. The Morgan fingerprint density at radius 3 is 1.57 bits per heavy atom. The third-order valence-corrected chi connectivity index (χ3v) is 11.9. The highest BCUT2D eigenvalue weighted by Gasteiger charge is 2.35. The molecule has 4 heteroatoms. The van der Waals surface area contributed by atoms with Crippen LogP contribution in [0.25, 0.3) is 95.0 Å². The van der Waals surface area contributed by atoms with Gasteiger partial charge in [-0.15, -0.1) is 0 Å². The Bertz CT molecular complexity index is 3120. The second-order valence-corrected chi connectivity index (χ2v) is 15.7. The van der Waals surface area contributed by atoms with Crippen molar-refractivity contribution in [2.24, 2.45) is 0 Å². The average molecular weight is 743 g/mol. The maximum atomic E-state index is 5.03. The van der Waals surface area contributed by atoms with E-state index in [1.807, 2.05) is 60.7 Å². The molecule has 0 unspecified atom stereocenters. The van der Waals surface area contributed by atoms with E-state index >= 15 is 0 Å². The summed E-state index contributed by atoms with van der Waals surface area (Å²) >= 11 is 0. The molecule has 10 aromatic rings. The second-order valence-electron chi connectivity index (χ2n) is 15.7. The van der Waals surface area contributed by atoms with Gasteiger partial charge >= 0.3 is 0 Å². The number of nitrogens with zero attached hydrogens (tertiary/aromatic N) is 4. The zero-order valence-electron chi connectivity index (χ0n) is 32.3. The first-order valence-corrected chi connectivity index (χ1v) is 19.9. The SMILES string of the molecule is CC1(C)c2ccccc2-c2ccc(-c3ccc(-c4ccc5c6ccccc6n(-c6cccc(-c7nc(-c8ccccc8)nc(-c8ccccc8)n7)c6)c5c4)cc3)cc21.